The van der Waals surface area contributed by atoms with Crippen molar-refractivity contribution in [1.29, 1.82) is 0 Å². The second-order valence-electron chi connectivity index (χ2n) is 5.22. The lowest BCUT2D eigenvalue weighted by Gasteiger charge is -2.11. The molecule has 2 heterocycles. The molecule has 2 aromatic heterocycles. The van der Waals surface area contributed by atoms with E-state index in [0.717, 1.165) is 5.76 Å². The van der Waals surface area contributed by atoms with Crippen LogP contribution in [0.25, 0.3) is 0 Å². The van der Waals surface area contributed by atoms with E-state index < -0.39 is 0 Å². The summed E-state index contributed by atoms with van der Waals surface area (Å²) in [5.74, 6) is 1.81. The van der Waals surface area contributed by atoms with Gasteiger partial charge in [0.25, 0.3) is 5.91 Å². The highest BCUT2D eigenvalue weighted by Gasteiger charge is 2.13. The monoisotopic (exact) mass is 354 g/mol. The zero-order valence-electron chi connectivity index (χ0n) is 14.4. The molecule has 0 bridgehead atoms. The Morgan fingerprint density at radius 1 is 1.19 bits per heavy atom. The van der Waals surface area contributed by atoms with E-state index in [0.29, 0.717) is 29.7 Å². The molecule has 3 aromatic rings. The van der Waals surface area contributed by atoms with Gasteiger partial charge in [0.2, 0.25) is 5.95 Å². The smallest absolute Gasteiger partial charge is 0.274 e. The number of benzene rings is 1. The van der Waals surface area contributed by atoms with E-state index >= 15 is 0 Å². The van der Waals surface area contributed by atoms with Crippen LogP contribution in [-0.2, 0) is 6.54 Å². The van der Waals surface area contributed by atoms with Crippen LogP contribution in [0, 0.1) is 0 Å². The number of hydrogen-bond acceptors (Lipinski definition) is 7. The molecule has 0 aliphatic carbocycles. The van der Waals surface area contributed by atoms with Gasteiger partial charge in [0, 0.05) is 12.3 Å². The molecule has 8 nitrogen and oxygen atoms in total. The summed E-state index contributed by atoms with van der Waals surface area (Å²) in [6.07, 6.45) is 3.10. The Bertz CT molecular complexity index is 881. The van der Waals surface area contributed by atoms with Crippen LogP contribution >= 0.6 is 0 Å². The summed E-state index contributed by atoms with van der Waals surface area (Å²) in [6, 6.07) is 10.3. The number of methoxy groups -OCH3 is 2. The number of anilines is 2. The van der Waals surface area contributed by atoms with Gasteiger partial charge in [-0.15, -0.1) is 0 Å². The maximum atomic E-state index is 12.5. The van der Waals surface area contributed by atoms with Crippen LogP contribution in [0.15, 0.2) is 53.3 Å². The van der Waals surface area contributed by atoms with Gasteiger partial charge in [-0.2, -0.15) is 0 Å². The number of nitrogens with zero attached hydrogens (tertiary/aromatic N) is 2. The van der Waals surface area contributed by atoms with Gasteiger partial charge in [-0.05, 0) is 30.3 Å². The molecular weight excluding hydrogens is 336 g/mol. The first-order valence-corrected chi connectivity index (χ1v) is 7.82. The number of rotatable bonds is 7. The summed E-state index contributed by atoms with van der Waals surface area (Å²) in [4.78, 5) is 20.8. The molecule has 0 saturated heterocycles. The van der Waals surface area contributed by atoms with Crippen molar-refractivity contribution < 1.29 is 18.7 Å². The van der Waals surface area contributed by atoms with Crippen molar-refractivity contribution in [3.63, 3.8) is 0 Å². The lowest BCUT2D eigenvalue weighted by molar-refractivity contribution is 0.102. The van der Waals surface area contributed by atoms with Crippen LogP contribution in [0.4, 0.5) is 11.6 Å². The number of carbonyl (C=O) groups excluding carboxylic acids is 1. The van der Waals surface area contributed by atoms with Gasteiger partial charge < -0.3 is 24.5 Å². The van der Waals surface area contributed by atoms with E-state index in [9.17, 15) is 4.79 Å². The topological polar surface area (TPSA) is 98.5 Å². The summed E-state index contributed by atoms with van der Waals surface area (Å²) in [5, 5.41) is 5.78. The molecule has 0 unspecified atom stereocenters. The van der Waals surface area contributed by atoms with Crippen LogP contribution < -0.4 is 20.1 Å². The van der Waals surface area contributed by atoms with Crippen LogP contribution in [0.3, 0.4) is 0 Å². The van der Waals surface area contributed by atoms with Crippen LogP contribution in [0.2, 0.25) is 0 Å². The van der Waals surface area contributed by atoms with Crippen LogP contribution in [-0.4, -0.2) is 30.1 Å². The number of aromatic nitrogens is 2. The van der Waals surface area contributed by atoms with Gasteiger partial charge in [0.15, 0.2) is 0 Å². The molecule has 0 aliphatic heterocycles. The predicted molar refractivity (Wildman–Crippen MR) is 95.6 cm³/mol. The first-order valence-electron chi connectivity index (χ1n) is 7.82. The van der Waals surface area contributed by atoms with Crippen LogP contribution in [0.1, 0.15) is 16.2 Å². The van der Waals surface area contributed by atoms with E-state index in [1.807, 2.05) is 6.07 Å². The van der Waals surface area contributed by atoms with Gasteiger partial charge in [0.05, 0.1) is 32.7 Å². The van der Waals surface area contributed by atoms with Crippen molar-refractivity contribution in [2.75, 3.05) is 24.9 Å². The Labute approximate surface area is 150 Å². The standard InChI is InChI=1S/C18H18N4O4/c1-24-12-5-6-14(16(10-12)25-2)21-17(23)15-7-8-19-18(22-15)20-11-13-4-3-9-26-13/h3-10H,11H2,1-2H3,(H,21,23)(H,19,20,22). The second kappa shape index (κ2) is 8.02. The number of ether oxygens (including phenoxy) is 2. The van der Waals surface area contributed by atoms with Crippen molar-refractivity contribution in [2.45, 2.75) is 6.54 Å². The van der Waals surface area contributed by atoms with E-state index in [1.165, 1.54) is 19.4 Å². The van der Waals surface area contributed by atoms with Gasteiger partial charge in [0.1, 0.15) is 23.0 Å². The molecule has 1 aromatic carbocycles. The lowest BCUT2D eigenvalue weighted by atomic mass is 10.2. The van der Waals surface area contributed by atoms with Crippen molar-refractivity contribution >= 4 is 17.5 Å². The first kappa shape index (κ1) is 17.3. The Morgan fingerprint density at radius 2 is 2.08 bits per heavy atom. The summed E-state index contributed by atoms with van der Waals surface area (Å²) >= 11 is 0. The highest BCUT2D eigenvalue weighted by molar-refractivity contribution is 6.03. The van der Waals surface area contributed by atoms with Crippen molar-refractivity contribution in [3.05, 3.63) is 60.3 Å². The molecule has 0 radical (unpaired) electrons. The second-order valence-corrected chi connectivity index (χ2v) is 5.22. The molecule has 1 amide bonds. The molecule has 2 N–H and O–H groups in total. The summed E-state index contributed by atoms with van der Waals surface area (Å²) in [7, 11) is 3.08. The fraction of sp³-hybridized carbons (Fsp3) is 0.167. The third kappa shape index (κ3) is 4.10. The summed E-state index contributed by atoms with van der Waals surface area (Å²) in [5.41, 5.74) is 0.738. The molecule has 0 fully saturated rings. The molecule has 0 spiro atoms. The molecule has 0 atom stereocenters. The number of carbonyl (C=O) groups is 1. The predicted octanol–water partition coefficient (Wildman–Crippen LogP) is 2.95. The highest BCUT2D eigenvalue weighted by Crippen LogP contribution is 2.29. The number of amides is 1. The molecule has 134 valence electrons. The van der Waals surface area contributed by atoms with Crippen molar-refractivity contribution in [2.24, 2.45) is 0 Å². The maximum absolute atomic E-state index is 12.5. The Morgan fingerprint density at radius 3 is 2.81 bits per heavy atom. The molecule has 26 heavy (non-hydrogen) atoms. The molecule has 0 aliphatic rings. The highest BCUT2D eigenvalue weighted by atomic mass is 16.5. The average molecular weight is 354 g/mol. The average Bonchev–Trinajstić information content (AvgIpc) is 3.20. The van der Waals surface area contributed by atoms with E-state index in [2.05, 4.69) is 20.6 Å². The maximum Gasteiger partial charge on any atom is 0.274 e. The quantitative estimate of drug-likeness (QED) is 0.673. The summed E-state index contributed by atoms with van der Waals surface area (Å²) in [6.45, 7) is 0.421. The van der Waals surface area contributed by atoms with E-state index in [4.69, 9.17) is 13.9 Å². The number of furan rings is 1. The van der Waals surface area contributed by atoms with Crippen LogP contribution in [0.5, 0.6) is 11.5 Å². The van der Waals surface area contributed by atoms with E-state index in [1.54, 1.807) is 37.6 Å². The minimum atomic E-state index is -0.378. The number of nitrogens with one attached hydrogen (secondary N) is 2. The minimum Gasteiger partial charge on any atom is -0.497 e. The Balaban J connectivity index is 1.71. The molecule has 0 saturated carbocycles. The zero-order chi connectivity index (χ0) is 18.4. The molecule has 8 heteroatoms. The number of hydrogen-bond donors (Lipinski definition) is 2. The van der Waals surface area contributed by atoms with Crippen molar-refractivity contribution in [3.8, 4) is 11.5 Å². The first-order chi connectivity index (χ1) is 12.7. The Hall–Kier alpha value is -3.55. The van der Waals surface area contributed by atoms with Gasteiger partial charge in [-0.3, -0.25) is 4.79 Å². The minimum absolute atomic E-state index is 0.222. The van der Waals surface area contributed by atoms with Gasteiger partial charge in [-0.25, -0.2) is 9.97 Å². The molecular formula is C18H18N4O4. The Kier molecular flexibility index (Phi) is 5.33. The summed E-state index contributed by atoms with van der Waals surface area (Å²) < 4.78 is 15.7. The van der Waals surface area contributed by atoms with E-state index in [-0.39, 0.29) is 11.6 Å². The largest absolute Gasteiger partial charge is 0.497 e. The molecule has 3 rings (SSSR count). The van der Waals surface area contributed by atoms with Crippen molar-refractivity contribution in [1.82, 2.24) is 9.97 Å². The fourth-order valence-electron chi connectivity index (χ4n) is 2.24. The fourth-order valence-corrected chi connectivity index (χ4v) is 2.24. The normalized spacial score (nSPS) is 10.2. The third-order valence-electron chi connectivity index (χ3n) is 3.55. The zero-order valence-corrected chi connectivity index (χ0v) is 14.4. The third-order valence-corrected chi connectivity index (χ3v) is 3.55. The lowest BCUT2D eigenvalue weighted by Crippen LogP contribution is -2.16. The SMILES string of the molecule is COc1ccc(NC(=O)c2ccnc(NCc3ccco3)n2)c(OC)c1. The van der Waals surface area contributed by atoms with Gasteiger partial charge >= 0.3 is 0 Å². The van der Waals surface area contributed by atoms with Gasteiger partial charge in [-0.1, -0.05) is 0 Å².